The third-order valence-corrected chi connectivity index (χ3v) is 17.6. The van der Waals surface area contributed by atoms with Gasteiger partial charge in [-0.25, -0.2) is 9.78 Å². The number of aromatic amines is 1. The molecule has 0 aliphatic rings. The number of imidazole rings is 1. The molecule has 0 unspecified atom stereocenters. The summed E-state index contributed by atoms with van der Waals surface area (Å²) in [7, 11) is 0. The number of aromatic hydroxyl groups is 2. The molecule has 0 fully saturated rings. The van der Waals surface area contributed by atoms with Crippen molar-refractivity contribution in [3.05, 3.63) is 150 Å². The average molecular weight is 1640 g/mol. The molecule has 624 valence electrons. The van der Waals surface area contributed by atoms with Gasteiger partial charge in [0.1, 0.15) is 78.0 Å². The predicted octanol–water partition coefficient (Wildman–Crippen LogP) is -7.14. The lowest BCUT2D eigenvalue weighted by Gasteiger charge is -2.27. The van der Waals surface area contributed by atoms with E-state index in [1.54, 1.807) is 36.4 Å². The molecule has 0 radical (unpaired) electrons. The SMILES string of the molecule is NC(=O)CC[C@H](NC(=O)[C@H](CS)NC(=O)[C@H](Cc1ccc(O)cc1)NC(=O)[C@H](Cc1ccc(O)cc1)NC(=O)[C@H](CC(N)=O)NC(=O)CNC(=O)[C@H](Cc1ccccc1)NC(=O)[C@H](CC(=O)O)NC(=O)[C@H](CCC(=O)O)NC(=O)[C@H](CO)NC(=O)[C@@H](N)CCC(N)=O)C(=O)N[C@@H](Cc1c[nH]cn1)C(=O)N[C@@H](Cc1ccccc1)C(=O)O. The van der Waals surface area contributed by atoms with E-state index >= 15 is 0 Å². The molecule has 5 rings (SSSR count). The molecular weight excluding hydrogens is 1540 g/mol. The normalized spacial score (nSPS) is 14.0. The Hall–Kier alpha value is -13.6. The predicted molar refractivity (Wildman–Crippen MR) is 407 cm³/mol. The quantitative estimate of drug-likeness (QED) is 0.0161. The number of aromatic nitrogens is 2. The fourth-order valence-electron chi connectivity index (χ4n) is 11.1. The van der Waals surface area contributed by atoms with E-state index < -0.39 is 256 Å². The molecule has 15 amide bonds. The molecule has 0 spiro atoms. The van der Waals surface area contributed by atoms with Gasteiger partial charge in [0.15, 0.2) is 0 Å². The molecule has 5 aromatic rings. The Bertz CT molecular complexity index is 4280. The highest BCUT2D eigenvalue weighted by Crippen LogP contribution is 2.17. The summed E-state index contributed by atoms with van der Waals surface area (Å²) in [5.41, 5.74) is 23.5. The Morgan fingerprint density at radius 3 is 1.16 bits per heavy atom. The minimum absolute atomic E-state index is 0.167. The maximum Gasteiger partial charge on any atom is 0.326 e. The van der Waals surface area contributed by atoms with Crippen LogP contribution < -0.4 is 86.7 Å². The number of phenols is 2. The first-order valence-electron chi connectivity index (χ1n) is 35.7. The summed E-state index contributed by atoms with van der Waals surface area (Å²) in [6, 6.07) is 5.18. The smallest absolute Gasteiger partial charge is 0.326 e. The number of nitrogens with one attached hydrogen (secondary N) is 13. The van der Waals surface area contributed by atoms with Crippen molar-refractivity contribution in [1.29, 1.82) is 0 Å². The molecule has 43 heteroatoms. The number of carboxylic acid groups (broad SMARTS) is 3. The van der Waals surface area contributed by atoms with Crippen molar-refractivity contribution >= 4 is 119 Å². The minimum atomic E-state index is -2.13. The molecule has 116 heavy (non-hydrogen) atoms. The van der Waals surface area contributed by atoms with E-state index in [4.69, 9.17) is 22.9 Å². The van der Waals surface area contributed by atoms with Crippen LogP contribution in [0.15, 0.2) is 122 Å². The summed E-state index contributed by atoms with van der Waals surface area (Å²) in [6.07, 6.45) is -4.59. The topological polar surface area (TPSA) is 706 Å². The fourth-order valence-corrected chi connectivity index (χ4v) is 11.3. The fraction of sp³-hybridized carbons (Fsp3) is 0.384. The summed E-state index contributed by atoms with van der Waals surface area (Å²) in [6.45, 7) is -2.20. The van der Waals surface area contributed by atoms with E-state index in [1.807, 2.05) is 0 Å². The van der Waals surface area contributed by atoms with Crippen LogP contribution in [0.4, 0.5) is 0 Å². The number of hydrogen-bond acceptors (Lipinski definition) is 24. The Morgan fingerprint density at radius 1 is 0.379 bits per heavy atom. The largest absolute Gasteiger partial charge is 0.508 e. The second kappa shape index (κ2) is 47.1. The second-order valence-corrected chi connectivity index (χ2v) is 26.7. The summed E-state index contributed by atoms with van der Waals surface area (Å²) in [5, 5.41) is 87.5. The number of rotatable bonds is 50. The molecule has 0 aliphatic carbocycles. The number of carbonyl (C=O) groups excluding carboxylic acids is 15. The van der Waals surface area contributed by atoms with Crippen molar-refractivity contribution in [2.75, 3.05) is 18.9 Å². The Kier molecular flexibility index (Phi) is 37.7. The highest BCUT2D eigenvalue weighted by Gasteiger charge is 2.38. The first-order chi connectivity index (χ1) is 55.0. The molecule has 4 aromatic carbocycles. The number of hydrogen-bond donors (Lipinski definition) is 24. The number of aliphatic hydroxyl groups excluding tert-OH is 1. The van der Waals surface area contributed by atoms with Gasteiger partial charge in [-0.05, 0) is 65.8 Å². The summed E-state index contributed by atoms with van der Waals surface area (Å²) < 4.78 is 0. The van der Waals surface area contributed by atoms with Crippen molar-refractivity contribution in [3.63, 3.8) is 0 Å². The van der Waals surface area contributed by atoms with Crippen LogP contribution in [0.2, 0.25) is 0 Å². The number of carbonyl (C=O) groups is 18. The molecule has 12 atom stereocenters. The van der Waals surface area contributed by atoms with Crippen LogP contribution in [-0.4, -0.2) is 239 Å². The number of thiol groups is 1. The van der Waals surface area contributed by atoms with Gasteiger partial charge >= 0.3 is 17.9 Å². The summed E-state index contributed by atoms with van der Waals surface area (Å²) >= 11 is 4.27. The van der Waals surface area contributed by atoms with Crippen molar-refractivity contribution < 1.29 is 117 Å². The number of nitrogens with zero attached hydrogens (tertiary/aromatic N) is 1. The van der Waals surface area contributed by atoms with Crippen molar-refractivity contribution in [2.45, 2.75) is 156 Å². The lowest BCUT2D eigenvalue weighted by atomic mass is 10.0. The first kappa shape index (κ1) is 93.0. The highest BCUT2D eigenvalue weighted by atomic mass is 32.1. The molecule has 0 saturated carbocycles. The van der Waals surface area contributed by atoms with E-state index in [9.17, 15) is 117 Å². The van der Waals surface area contributed by atoms with Gasteiger partial charge in [0, 0.05) is 63.3 Å². The lowest BCUT2D eigenvalue weighted by molar-refractivity contribution is -0.142. The Balaban J connectivity index is 1.37. The maximum atomic E-state index is 14.8. The van der Waals surface area contributed by atoms with Gasteiger partial charge in [-0.15, -0.1) is 0 Å². The number of nitrogens with two attached hydrogens (primary N) is 4. The van der Waals surface area contributed by atoms with Gasteiger partial charge in [-0.1, -0.05) is 84.9 Å². The van der Waals surface area contributed by atoms with Crippen LogP contribution in [0.25, 0.3) is 0 Å². The van der Waals surface area contributed by atoms with Crippen LogP contribution in [0.3, 0.4) is 0 Å². The second-order valence-electron chi connectivity index (χ2n) is 26.4. The third kappa shape index (κ3) is 33.0. The Morgan fingerprint density at radius 2 is 0.741 bits per heavy atom. The maximum absolute atomic E-state index is 14.8. The third-order valence-electron chi connectivity index (χ3n) is 17.2. The van der Waals surface area contributed by atoms with E-state index in [0.29, 0.717) is 11.1 Å². The van der Waals surface area contributed by atoms with E-state index in [0.717, 1.165) is 0 Å². The Labute approximate surface area is 666 Å². The molecule has 42 nitrogen and oxygen atoms in total. The molecule has 27 N–H and O–H groups in total. The van der Waals surface area contributed by atoms with E-state index in [1.165, 1.54) is 85.3 Å². The number of amides is 15. The van der Waals surface area contributed by atoms with Gasteiger partial charge in [-0.3, -0.25) is 81.5 Å². The number of carboxylic acids is 3. The van der Waals surface area contributed by atoms with Gasteiger partial charge in [0.05, 0.1) is 44.1 Å². The number of benzene rings is 4. The number of phenolic OH excluding ortho intramolecular Hbond substituents is 2. The molecule has 0 aliphatic heterocycles. The summed E-state index contributed by atoms with van der Waals surface area (Å²) in [5.74, 6) is -22.9. The molecule has 1 heterocycles. The summed E-state index contributed by atoms with van der Waals surface area (Å²) in [4.78, 5) is 248. The molecule has 0 saturated heterocycles. The van der Waals surface area contributed by atoms with Crippen LogP contribution in [0.5, 0.6) is 11.5 Å². The highest BCUT2D eigenvalue weighted by molar-refractivity contribution is 7.80. The van der Waals surface area contributed by atoms with Gasteiger partial charge < -0.3 is 122 Å². The zero-order valence-corrected chi connectivity index (χ0v) is 62.9. The van der Waals surface area contributed by atoms with E-state index in [2.05, 4.69) is 86.4 Å². The van der Waals surface area contributed by atoms with Crippen molar-refractivity contribution in [2.24, 2.45) is 22.9 Å². The van der Waals surface area contributed by atoms with E-state index in [-0.39, 0.29) is 54.0 Å². The van der Waals surface area contributed by atoms with Crippen molar-refractivity contribution in [3.8, 4) is 11.5 Å². The van der Waals surface area contributed by atoms with Crippen LogP contribution in [0, 0.1) is 0 Å². The standard InChI is InChI=1S/C73H92N18O24S/c74-44(19-22-56(75)95)62(103)90-54(34-92)71(112)82-46(21-24-60(99)100)65(106)88-52(31-61(101)102)70(111)84-47(25-37-7-3-1-4-8-37)63(104)79-33-59(98)81-51(30-58(77)97)69(110)86-48(26-39-11-15-42(93)16-12-39)66(107)85-49(27-40-13-17-43(94)18-14-40)67(108)91-55(35-116)72(113)83-45(20-23-57(76)96)64(105)87-50(29-41-32-78-36-80-41)68(109)89-53(73(114)115)28-38-9-5-2-6-10-38/h1-18,32,36,44-55,92-94,116H,19-31,33-35,74H2,(H2,75,95)(H2,76,96)(H2,77,97)(H,78,80)(H,79,104)(H,81,98)(H,82,112)(H,83,113)(H,84,111)(H,85,107)(H,86,110)(H,87,105)(H,88,106)(H,89,109)(H,90,103)(H,91,108)(H,99,100)(H,101,102)(H,114,115)/t44-,45-,46-,47-,48-,49-,50-,51-,52-,53-,54-,55-/m0/s1. The number of H-pyrrole nitrogens is 1. The average Bonchev–Trinajstić information content (AvgIpc) is 0.923. The number of aliphatic carboxylic acids is 3. The minimum Gasteiger partial charge on any atom is -0.508 e. The molecular formula is C73H92N18O24S. The number of primary amides is 3. The van der Waals surface area contributed by atoms with Crippen LogP contribution in [-0.2, 0) is 118 Å². The van der Waals surface area contributed by atoms with Crippen LogP contribution in [0.1, 0.15) is 79.3 Å². The van der Waals surface area contributed by atoms with Gasteiger partial charge in [0.2, 0.25) is 88.6 Å². The van der Waals surface area contributed by atoms with Crippen molar-refractivity contribution in [1.82, 2.24) is 73.8 Å². The first-order valence-corrected chi connectivity index (χ1v) is 36.3. The molecule has 1 aromatic heterocycles. The van der Waals surface area contributed by atoms with Gasteiger partial charge in [0.25, 0.3) is 0 Å². The zero-order chi connectivity index (χ0) is 85.7. The zero-order valence-electron chi connectivity index (χ0n) is 62.0. The lowest BCUT2D eigenvalue weighted by Crippen LogP contribution is -2.61. The van der Waals surface area contributed by atoms with Crippen LogP contribution >= 0.6 is 12.6 Å². The molecule has 0 bridgehead atoms. The van der Waals surface area contributed by atoms with Gasteiger partial charge in [-0.2, -0.15) is 12.6 Å². The number of aliphatic hydroxyl groups is 1. The monoisotopic (exact) mass is 1640 g/mol.